The zero-order valence-corrected chi connectivity index (χ0v) is 10.1. The molecule has 1 aromatic rings. The first-order chi connectivity index (χ1) is 7.23. The minimum absolute atomic E-state index is 0.128. The van der Waals surface area contributed by atoms with Crippen molar-refractivity contribution in [3.63, 3.8) is 0 Å². The Morgan fingerprint density at radius 3 is 2.44 bits per heavy atom. The molecule has 0 fully saturated rings. The van der Waals surface area contributed by atoms with Crippen LogP contribution in [-0.4, -0.2) is 16.1 Å². The van der Waals surface area contributed by atoms with E-state index in [1.165, 1.54) is 32.9 Å². The number of hydrogen-bond acceptors (Lipinski definition) is 3. The van der Waals surface area contributed by atoms with Crippen LogP contribution in [0.2, 0.25) is 5.02 Å². The van der Waals surface area contributed by atoms with E-state index in [1.54, 1.807) is 0 Å². The summed E-state index contributed by atoms with van der Waals surface area (Å²) in [5, 5.41) is 22.3. The molecule has 1 amide bonds. The van der Waals surface area contributed by atoms with E-state index < -0.39 is 5.60 Å². The number of nitrogens with one attached hydrogen (secondary N) is 1. The fraction of sp³-hybridized carbons (Fsp3) is 0.364. The Balaban J connectivity index is 3.43. The van der Waals surface area contributed by atoms with Crippen molar-refractivity contribution in [2.75, 3.05) is 5.32 Å². The Morgan fingerprint density at radius 2 is 2.00 bits per heavy atom. The van der Waals surface area contributed by atoms with E-state index in [9.17, 15) is 15.0 Å². The number of carbonyl (C=O) groups excluding carboxylic acids is 1. The highest BCUT2D eigenvalue weighted by Crippen LogP contribution is 2.39. The topological polar surface area (TPSA) is 69.6 Å². The fourth-order valence-electron chi connectivity index (χ4n) is 1.47. The van der Waals surface area contributed by atoms with Crippen LogP contribution in [0.3, 0.4) is 0 Å². The van der Waals surface area contributed by atoms with Crippen molar-refractivity contribution in [2.24, 2.45) is 0 Å². The number of halogens is 1. The summed E-state index contributed by atoms with van der Waals surface area (Å²) in [7, 11) is 0. The lowest BCUT2D eigenvalue weighted by molar-refractivity contribution is -0.114. The van der Waals surface area contributed by atoms with Crippen LogP contribution in [0.4, 0.5) is 5.69 Å². The van der Waals surface area contributed by atoms with E-state index in [1.807, 2.05) is 0 Å². The molecule has 0 radical (unpaired) electrons. The number of rotatable bonds is 2. The van der Waals surface area contributed by atoms with Gasteiger partial charge in [0, 0.05) is 17.5 Å². The van der Waals surface area contributed by atoms with Gasteiger partial charge in [-0.25, -0.2) is 0 Å². The molecular weight excluding hydrogens is 230 g/mol. The van der Waals surface area contributed by atoms with Gasteiger partial charge in [-0.3, -0.25) is 4.79 Å². The van der Waals surface area contributed by atoms with E-state index in [-0.39, 0.29) is 22.4 Å². The highest BCUT2D eigenvalue weighted by Gasteiger charge is 2.26. The summed E-state index contributed by atoms with van der Waals surface area (Å²) in [5.41, 5.74) is -0.815. The molecular formula is C11H14ClNO3. The van der Waals surface area contributed by atoms with Gasteiger partial charge in [-0.2, -0.15) is 0 Å². The molecule has 0 bridgehead atoms. The second-order valence-corrected chi connectivity index (χ2v) is 4.46. The molecule has 5 heteroatoms. The van der Waals surface area contributed by atoms with Crippen molar-refractivity contribution in [1.82, 2.24) is 0 Å². The molecule has 4 nitrogen and oxygen atoms in total. The van der Waals surface area contributed by atoms with Gasteiger partial charge in [0.25, 0.3) is 0 Å². The van der Waals surface area contributed by atoms with Crippen molar-refractivity contribution in [3.05, 3.63) is 22.7 Å². The van der Waals surface area contributed by atoms with Crippen molar-refractivity contribution < 1.29 is 15.0 Å². The van der Waals surface area contributed by atoms with Crippen LogP contribution in [0.1, 0.15) is 26.3 Å². The molecule has 0 aliphatic heterocycles. The molecule has 0 saturated heterocycles. The summed E-state index contributed by atoms with van der Waals surface area (Å²) in [4.78, 5) is 11.0. The summed E-state index contributed by atoms with van der Waals surface area (Å²) < 4.78 is 0. The van der Waals surface area contributed by atoms with Gasteiger partial charge in [0.1, 0.15) is 5.75 Å². The van der Waals surface area contributed by atoms with Gasteiger partial charge < -0.3 is 15.5 Å². The summed E-state index contributed by atoms with van der Waals surface area (Å²) in [6.45, 7) is 4.37. The van der Waals surface area contributed by atoms with Crippen LogP contribution in [0.15, 0.2) is 12.1 Å². The first-order valence-corrected chi connectivity index (χ1v) is 5.13. The molecule has 0 aliphatic rings. The van der Waals surface area contributed by atoms with Crippen molar-refractivity contribution >= 4 is 23.2 Å². The summed E-state index contributed by atoms with van der Waals surface area (Å²) >= 11 is 5.95. The normalized spacial score (nSPS) is 11.3. The monoisotopic (exact) mass is 243 g/mol. The fourth-order valence-corrected chi connectivity index (χ4v) is 1.86. The highest BCUT2D eigenvalue weighted by molar-refractivity contribution is 6.32. The van der Waals surface area contributed by atoms with Gasteiger partial charge in [-0.15, -0.1) is 0 Å². The molecule has 1 rings (SSSR count). The Labute approximate surface area is 98.9 Å². The van der Waals surface area contributed by atoms with Crippen LogP contribution in [0.5, 0.6) is 5.75 Å². The molecule has 0 aliphatic carbocycles. The maximum atomic E-state index is 11.0. The molecule has 16 heavy (non-hydrogen) atoms. The number of hydrogen-bond donors (Lipinski definition) is 3. The third-order valence-electron chi connectivity index (χ3n) is 2.05. The molecule has 1 aromatic carbocycles. The Hall–Kier alpha value is -1.26. The number of anilines is 1. The van der Waals surface area contributed by atoms with E-state index in [4.69, 9.17) is 11.6 Å². The zero-order chi connectivity index (χ0) is 12.5. The second kappa shape index (κ2) is 4.31. The lowest BCUT2D eigenvalue weighted by Gasteiger charge is -2.23. The first-order valence-electron chi connectivity index (χ1n) is 4.75. The second-order valence-electron chi connectivity index (χ2n) is 4.06. The van der Waals surface area contributed by atoms with Crippen LogP contribution in [-0.2, 0) is 10.4 Å². The Bertz CT molecular complexity index is 424. The number of aromatic hydroxyl groups is 1. The number of amides is 1. The van der Waals surface area contributed by atoms with Gasteiger partial charge in [0.2, 0.25) is 5.91 Å². The van der Waals surface area contributed by atoms with Gasteiger partial charge in [0.15, 0.2) is 0 Å². The number of carbonyl (C=O) groups is 1. The SMILES string of the molecule is CC(=O)Nc1c(O)ccc(Cl)c1C(C)(C)O. The molecule has 0 saturated carbocycles. The van der Waals surface area contributed by atoms with E-state index in [0.29, 0.717) is 5.56 Å². The number of benzene rings is 1. The van der Waals surface area contributed by atoms with Crippen LogP contribution >= 0.6 is 11.6 Å². The maximum Gasteiger partial charge on any atom is 0.221 e. The summed E-state index contributed by atoms with van der Waals surface area (Å²) in [6, 6.07) is 2.83. The van der Waals surface area contributed by atoms with Crippen molar-refractivity contribution in [3.8, 4) is 5.75 Å². The lowest BCUT2D eigenvalue weighted by atomic mass is 9.95. The molecule has 88 valence electrons. The molecule has 0 heterocycles. The van der Waals surface area contributed by atoms with Crippen molar-refractivity contribution in [2.45, 2.75) is 26.4 Å². The Kier molecular flexibility index (Phi) is 3.45. The van der Waals surface area contributed by atoms with Gasteiger partial charge in [0.05, 0.1) is 11.3 Å². The standard InChI is InChI=1S/C11H14ClNO3/c1-6(14)13-10-8(15)5-4-7(12)9(10)11(2,3)16/h4-5,15-16H,1-3H3,(H,13,14). The van der Waals surface area contributed by atoms with Crippen LogP contribution in [0, 0.1) is 0 Å². The number of phenols is 1. The molecule has 0 unspecified atom stereocenters. The molecule has 3 N–H and O–H groups in total. The first kappa shape index (κ1) is 12.8. The predicted octanol–water partition coefficient (Wildman–Crippen LogP) is 2.23. The van der Waals surface area contributed by atoms with Crippen molar-refractivity contribution in [1.29, 1.82) is 0 Å². The highest BCUT2D eigenvalue weighted by atomic mass is 35.5. The average Bonchev–Trinajstić information content (AvgIpc) is 2.08. The largest absolute Gasteiger partial charge is 0.506 e. The lowest BCUT2D eigenvalue weighted by Crippen LogP contribution is -2.20. The number of aliphatic hydroxyl groups is 1. The van der Waals surface area contributed by atoms with E-state index >= 15 is 0 Å². The maximum absolute atomic E-state index is 11.0. The van der Waals surface area contributed by atoms with E-state index in [0.717, 1.165) is 0 Å². The minimum Gasteiger partial charge on any atom is -0.506 e. The van der Waals surface area contributed by atoms with Gasteiger partial charge in [-0.05, 0) is 26.0 Å². The molecule has 0 aromatic heterocycles. The third kappa shape index (κ3) is 2.65. The molecule has 0 spiro atoms. The van der Waals surface area contributed by atoms with Gasteiger partial charge >= 0.3 is 0 Å². The minimum atomic E-state index is -1.26. The van der Waals surface area contributed by atoms with E-state index in [2.05, 4.69) is 5.32 Å². The van der Waals surface area contributed by atoms with Gasteiger partial charge in [-0.1, -0.05) is 11.6 Å². The quantitative estimate of drug-likeness (QED) is 0.698. The Morgan fingerprint density at radius 1 is 1.44 bits per heavy atom. The third-order valence-corrected chi connectivity index (χ3v) is 2.36. The number of phenolic OH excluding ortho intramolecular Hbond substituents is 1. The smallest absolute Gasteiger partial charge is 0.221 e. The average molecular weight is 244 g/mol. The van der Waals surface area contributed by atoms with Crippen LogP contribution in [0.25, 0.3) is 0 Å². The summed E-state index contributed by atoms with van der Waals surface area (Å²) in [6.07, 6.45) is 0. The molecule has 0 atom stereocenters. The van der Waals surface area contributed by atoms with Crippen LogP contribution < -0.4 is 5.32 Å². The zero-order valence-electron chi connectivity index (χ0n) is 9.34. The predicted molar refractivity (Wildman–Crippen MR) is 62.7 cm³/mol. The summed E-state index contributed by atoms with van der Waals surface area (Å²) in [5.74, 6) is -0.472.